The molecule has 198 valence electrons. The van der Waals surface area contributed by atoms with Crippen LogP contribution in [0.25, 0.3) is 0 Å². The number of hydrogen-bond donors (Lipinski definition) is 1. The first kappa shape index (κ1) is 27.0. The molecular weight excluding hydrogens is 478 g/mol. The number of nitrogens with zero attached hydrogens (tertiary/aromatic N) is 2. The van der Waals surface area contributed by atoms with Gasteiger partial charge in [0, 0.05) is 30.6 Å². The minimum atomic E-state index is -0.755. The Morgan fingerprint density at radius 2 is 1.55 bits per heavy atom. The summed E-state index contributed by atoms with van der Waals surface area (Å²) < 4.78 is 0. The van der Waals surface area contributed by atoms with Gasteiger partial charge in [-0.3, -0.25) is 19.7 Å². The molecule has 0 saturated heterocycles. The highest BCUT2D eigenvalue weighted by Gasteiger charge is 2.33. The second-order valence-electron chi connectivity index (χ2n) is 10.1. The summed E-state index contributed by atoms with van der Waals surface area (Å²) in [6, 6.07) is 23.1. The summed E-state index contributed by atoms with van der Waals surface area (Å²) in [6.07, 6.45) is 5.40. The topological polar surface area (TPSA) is 92.6 Å². The third-order valence-electron chi connectivity index (χ3n) is 7.35. The average molecular weight is 514 g/mol. The van der Waals surface area contributed by atoms with E-state index in [-0.39, 0.29) is 36.5 Å². The molecule has 38 heavy (non-hydrogen) atoms. The molecule has 1 fully saturated rings. The molecule has 1 aliphatic carbocycles. The molecule has 0 spiro atoms. The van der Waals surface area contributed by atoms with Crippen molar-refractivity contribution in [3.63, 3.8) is 0 Å². The lowest BCUT2D eigenvalue weighted by atomic mass is 9.94. The van der Waals surface area contributed by atoms with Crippen LogP contribution in [0.2, 0.25) is 0 Å². The maximum Gasteiger partial charge on any atom is 0.273 e. The van der Waals surface area contributed by atoms with E-state index in [0.717, 1.165) is 42.4 Å². The van der Waals surface area contributed by atoms with Crippen molar-refractivity contribution in [1.29, 1.82) is 0 Å². The van der Waals surface area contributed by atoms with Crippen molar-refractivity contribution < 1.29 is 14.5 Å². The average Bonchev–Trinajstić information content (AvgIpc) is 2.93. The highest BCUT2D eigenvalue weighted by atomic mass is 16.6. The van der Waals surface area contributed by atoms with E-state index in [1.54, 1.807) is 23.1 Å². The zero-order chi connectivity index (χ0) is 26.9. The normalized spacial score (nSPS) is 14.4. The molecule has 1 atom stereocenters. The van der Waals surface area contributed by atoms with E-state index in [4.69, 9.17) is 0 Å². The Kier molecular flexibility index (Phi) is 9.25. The summed E-state index contributed by atoms with van der Waals surface area (Å²) in [6.45, 7) is 2.22. The Hall–Kier alpha value is -4.00. The highest BCUT2D eigenvalue weighted by molar-refractivity contribution is 5.89. The largest absolute Gasteiger partial charge is 0.352 e. The molecule has 1 N–H and O–H groups in total. The van der Waals surface area contributed by atoms with Gasteiger partial charge in [0.05, 0.1) is 11.3 Å². The second-order valence-corrected chi connectivity index (χ2v) is 10.1. The number of para-hydroxylation sites is 1. The SMILES string of the molecule is Cc1ccccc1CN(C(=O)Cc1ccccc1[N+](=O)[O-])[C@H](Cc1ccccc1)C(=O)NC1CCCCC1. The van der Waals surface area contributed by atoms with Crippen molar-refractivity contribution in [2.45, 2.75) is 70.5 Å². The summed E-state index contributed by atoms with van der Waals surface area (Å²) in [5, 5.41) is 14.9. The van der Waals surface area contributed by atoms with Crippen molar-refractivity contribution in [3.05, 3.63) is 111 Å². The van der Waals surface area contributed by atoms with Gasteiger partial charge in [-0.1, -0.05) is 92.1 Å². The van der Waals surface area contributed by atoms with Crippen LogP contribution < -0.4 is 5.32 Å². The van der Waals surface area contributed by atoms with Crippen LogP contribution in [0.3, 0.4) is 0 Å². The van der Waals surface area contributed by atoms with E-state index < -0.39 is 11.0 Å². The fourth-order valence-electron chi connectivity index (χ4n) is 5.17. The molecule has 0 heterocycles. The van der Waals surface area contributed by atoms with Crippen molar-refractivity contribution >= 4 is 17.5 Å². The van der Waals surface area contributed by atoms with Crippen LogP contribution >= 0.6 is 0 Å². The number of carbonyl (C=O) groups is 2. The van der Waals surface area contributed by atoms with Gasteiger partial charge in [0.2, 0.25) is 11.8 Å². The van der Waals surface area contributed by atoms with Gasteiger partial charge < -0.3 is 10.2 Å². The third-order valence-corrected chi connectivity index (χ3v) is 7.35. The van der Waals surface area contributed by atoms with Crippen LogP contribution in [0.4, 0.5) is 5.69 Å². The van der Waals surface area contributed by atoms with Crippen LogP contribution in [0.15, 0.2) is 78.9 Å². The van der Waals surface area contributed by atoms with Gasteiger partial charge in [-0.15, -0.1) is 0 Å². The quantitative estimate of drug-likeness (QED) is 0.285. The molecule has 0 aliphatic heterocycles. The van der Waals surface area contributed by atoms with E-state index in [2.05, 4.69) is 5.32 Å². The first-order chi connectivity index (χ1) is 18.4. The summed E-state index contributed by atoms with van der Waals surface area (Å²) >= 11 is 0. The second kappa shape index (κ2) is 13.0. The smallest absolute Gasteiger partial charge is 0.273 e. The molecule has 0 unspecified atom stereocenters. The van der Waals surface area contributed by atoms with E-state index in [1.165, 1.54) is 12.5 Å². The first-order valence-corrected chi connectivity index (χ1v) is 13.3. The number of carbonyl (C=O) groups excluding carboxylic acids is 2. The molecule has 4 rings (SSSR count). The minimum Gasteiger partial charge on any atom is -0.352 e. The highest BCUT2D eigenvalue weighted by Crippen LogP contribution is 2.23. The maximum atomic E-state index is 14.0. The lowest BCUT2D eigenvalue weighted by molar-refractivity contribution is -0.385. The minimum absolute atomic E-state index is 0.0945. The summed E-state index contributed by atoms with van der Waals surface area (Å²) in [4.78, 5) is 40.6. The van der Waals surface area contributed by atoms with Crippen LogP contribution in [0.5, 0.6) is 0 Å². The maximum absolute atomic E-state index is 14.0. The monoisotopic (exact) mass is 513 g/mol. The van der Waals surface area contributed by atoms with Gasteiger partial charge in [0.15, 0.2) is 0 Å². The fourth-order valence-corrected chi connectivity index (χ4v) is 5.17. The van der Waals surface area contributed by atoms with Gasteiger partial charge in [0.25, 0.3) is 5.69 Å². The zero-order valence-corrected chi connectivity index (χ0v) is 21.8. The molecule has 0 bridgehead atoms. The van der Waals surface area contributed by atoms with Gasteiger partial charge in [-0.05, 0) is 36.5 Å². The summed E-state index contributed by atoms with van der Waals surface area (Å²) in [5.41, 5.74) is 3.14. The number of nitro groups is 1. The fraction of sp³-hybridized carbons (Fsp3) is 0.355. The van der Waals surface area contributed by atoms with Crippen molar-refractivity contribution in [2.24, 2.45) is 0 Å². The molecule has 1 aliphatic rings. The van der Waals surface area contributed by atoms with E-state index in [9.17, 15) is 19.7 Å². The number of hydrogen-bond acceptors (Lipinski definition) is 4. The van der Waals surface area contributed by atoms with E-state index in [0.29, 0.717) is 12.0 Å². The Morgan fingerprint density at radius 1 is 0.921 bits per heavy atom. The summed E-state index contributed by atoms with van der Waals surface area (Å²) in [5.74, 6) is -0.493. The number of nitrogens with one attached hydrogen (secondary N) is 1. The number of rotatable bonds is 10. The van der Waals surface area contributed by atoms with Gasteiger partial charge in [0.1, 0.15) is 6.04 Å². The Labute approximate surface area is 224 Å². The molecule has 0 radical (unpaired) electrons. The predicted molar refractivity (Wildman–Crippen MR) is 147 cm³/mol. The number of amides is 2. The van der Waals surface area contributed by atoms with Crippen molar-refractivity contribution in [1.82, 2.24) is 10.2 Å². The lowest BCUT2D eigenvalue weighted by Crippen LogP contribution is -2.53. The van der Waals surface area contributed by atoms with Gasteiger partial charge in [-0.25, -0.2) is 0 Å². The lowest BCUT2D eigenvalue weighted by Gasteiger charge is -2.34. The molecular formula is C31H35N3O4. The van der Waals surface area contributed by atoms with Crippen LogP contribution in [0.1, 0.15) is 54.4 Å². The number of benzene rings is 3. The Bertz CT molecular complexity index is 1250. The van der Waals surface area contributed by atoms with Gasteiger partial charge in [-0.2, -0.15) is 0 Å². The molecule has 3 aromatic rings. The van der Waals surface area contributed by atoms with E-state index >= 15 is 0 Å². The predicted octanol–water partition coefficient (Wildman–Crippen LogP) is 5.53. The Morgan fingerprint density at radius 3 is 2.24 bits per heavy atom. The van der Waals surface area contributed by atoms with Crippen LogP contribution in [0, 0.1) is 17.0 Å². The molecule has 2 amide bonds. The van der Waals surface area contributed by atoms with E-state index in [1.807, 2.05) is 61.5 Å². The third kappa shape index (κ3) is 7.06. The zero-order valence-electron chi connectivity index (χ0n) is 21.8. The number of nitro benzene ring substituents is 1. The molecule has 1 saturated carbocycles. The molecule has 7 heteroatoms. The molecule has 0 aromatic heterocycles. The Balaban J connectivity index is 1.70. The van der Waals surface area contributed by atoms with Gasteiger partial charge >= 0.3 is 0 Å². The van der Waals surface area contributed by atoms with Crippen molar-refractivity contribution in [3.8, 4) is 0 Å². The van der Waals surface area contributed by atoms with Crippen LogP contribution in [-0.4, -0.2) is 33.7 Å². The van der Waals surface area contributed by atoms with Crippen LogP contribution in [-0.2, 0) is 29.0 Å². The molecule has 7 nitrogen and oxygen atoms in total. The summed E-state index contributed by atoms with van der Waals surface area (Å²) in [7, 11) is 0. The standard InChI is InChI=1S/C31H35N3O4/c1-23-12-8-9-16-26(23)22-33(30(35)21-25-15-10-11-19-28(25)34(37)38)29(20-24-13-4-2-5-14-24)31(36)32-27-17-6-3-7-18-27/h2,4-5,8-16,19,27,29H,3,6-7,17-18,20-22H2,1H3,(H,32,36)/t29-/m1/s1. The first-order valence-electron chi connectivity index (χ1n) is 13.3. The molecule has 3 aromatic carbocycles. The van der Waals surface area contributed by atoms with Crippen molar-refractivity contribution in [2.75, 3.05) is 0 Å². The number of aryl methyl sites for hydroxylation is 1.